The van der Waals surface area contributed by atoms with E-state index >= 15 is 0 Å². The van der Waals surface area contributed by atoms with Crippen LogP contribution in [0.15, 0.2) is 18.2 Å². The molecule has 0 spiro atoms. The van der Waals surface area contributed by atoms with Gasteiger partial charge in [-0.05, 0) is 12.0 Å². The summed E-state index contributed by atoms with van der Waals surface area (Å²) in [5.74, 6) is 0.730. The van der Waals surface area contributed by atoms with Crippen LogP contribution in [0.1, 0.15) is 20.3 Å². The lowest BCUT2D eigenvalue weighted by molar-refractivity contribution is -0.135. The van der Waals surface area contributed by atoms with Crippen LogP contribution in [-0.4, -0.2) is 57.6 Å². The van der Waals surface area contributed by atoms with Gasteiger partial charge in [0.25, 0.3) is 0 Å². The number of amides is 2. The molecule has 0 bridgehead atoms. The number of nitrogens with zero attached hydrogens (tertiary/aromatic N) is 2. The van der Waals surface area contributed by atoms with Crippen LogP contribution in [0.25, 0.3) is 0 Å². The Labute approximate surface area is 167 Å². The summed E-state index contributed by atoms with van der Waals surface area (Å²) < 4.78 is 10.5. The minimum Gasteiger partial charge on any atom is -0.497 e. The Kier molecular flexibility index (Phi) is 7.92. The molecule has 0 radical (unpaired) electrons. The van der Waals surface area contributed by atoms with Gasteiger partial charge in [-0.15, -0.1) is 12.4 Å². The number of hydrogen-bond donors (Lipinski definition) is 1. The number of benzene rings is 1. The molecule has 1 aliphatic heterocycles. The number of nitrogens with two attached hydrogens (primary N) is 1. The van der Waals surface area contributed by atoms with E-state index in [2.05, 4.69) is 0 Å². The lowest BCUT2D eigenvalue weighted by Crippen LogP contribution is -2.42. The predicted octanol–water partition coefficient (Wildman–Crippen LogP) is 1.92. The highest BCUT2D eigenvalue weighted by molar-refractivity contribution is 6.00. The fraction of sp³-hybridized carbons (Fsp3) is 0.579. The molecule has 2 amide bonds. The van der Waals surface area contributed by atoms with Gasteiger partial charge in [-0.3, -0.25) is 9.59 Å². The van der Waals surface area contributed by atoms with Crippen LogP contribution in [0.2, 0.25) is 0 Å². The first-order chi connectivity index (χ1) is 12.2. The molecule has 1 saturated heterocycles. The summed E-state index contributed by atoms with van der Waals surface area (Å²) in [6.45, 7) is 5.43. The van der Waals surface area contributed by atoms with Crippen molar-refractivity contribution < 1.29 is 19.1 Å². The van der Waals surface area contributed by atoms with Gasteiger partial charge in [0, 0.05) is 44.8 Å². The molecular formula is C19H30ClN3O4. The second-order valence-electron chi connectivity index (χ2n) is 7.54. The average molecular weight is 400 g/mol. The molecule has 0 aromatic heterocycles. The molecule has 0 saturated carbocycles. The highest BCUT2D eigenvalue weighted by atomic mass is 35.5. The number of carbonyl (C=O) groups excluding carboxylic acids is 2. The van der Waals surface area contributed by atoms with Gasteiger partial charge in [0.1, 0.15) is 11.5 Å². The highest BCUT2D eigenvalue weighted by Gasteiger charge is 2.37. The van der Waals surface area contributed by atoms with Crippen LogP contribution in [0.3, 0.4) is 0 Å². The third-order valence-electron chi connectivity index (χ3n) is 4.72. The molecule has 1 fully saturated rings. The van der Waals surface area contributed by atoms with Crippen LogP contribution in [0.4, 0.5) is 5.69 Å². The van der Waals surface area contributed by atoms with E-state index in [0.717, 1.165) is 0 Å². The Hall–Kier alpha value is -1.99. The summed E-state index contributed by atoms with van der Waals surface area (Å²) in [4.78, 5) is 28.6. The smallest absolute Gasteiger partial charge is 0.227 e. The van der Waals surface area contributed by atoms with Crippen molar-refractivity contribution in [2.45, 2.75) is 20.3 Å². The van der Waals surface area contributed by atoms with Gasteiger partial charge in [0.05, 0.1) is 25.8 Å². The van der Waals surface area contributed by atoms with E-state index in [-0.39, 0.29) is 42.0 Å². The zero-order chi connectivity index (χ0) is 19.5. The molecular weight excluding hydrogens is 370 g/mol. The monoisotopic (exact) mass is 399 g/mol. The van der Waals surface area contributed by atoms with E-state index in [9.17, 15) is 9.59 Å². The summed E-state index contributed by atoms with van der Waals surface area (Å²) in [5.41, 5.74) is 6.27. The van der Waals surface area contributed by atoms with Gasteiger partial charge in [-0.1, -0.05) is 13.8 Å². The van der Waals surface area contributed by atoms with Crippen LogP contribution in [0.5, 0.6) is 11.5 Å². The third kappa shape index (κ3) is 5.49. The van der Waals surface area contributed by atoms with Gasteiger partial charge < -0.3 is 25.0 Å². The zero-order valence-corrected chi connectivity index (χ0v) is 17.5. The summed E-state index contributed by atoms with van der Waals surface area (Å²) in [5, 5.41) is 0. The van der Waals surface area contributed by atoms with Crippen molar-refractivity contribution in [3.8, 4) is 11.5 Å². The number of halogens is 1. The maximum Gasteiger partial charge on any atom is 0.227 e. The molecule has 0 aliphatic carbocycles. The standard InChI is InChI=1S/C19H29N3O4.ClH/c1-19(2,11-20)12-21(3)18(24)13-6-17(23)22(10-13)14-7-15(25-4)9-16(8-14)26-5;/h7-9,13H,6,10-12,20H2,1-5H3;1H. The average Bonchev–Trinajstić information content (AvgIpc) is 3.01. The van der Waals surface area contributed by atoms with Crippen molar-refractivity contribution in [1.82, 2.24) is 4.90 Å². The van der Waals surface area contributed by atoms with Crippen LogP contribution in [0, 0.1) is 11.3 Å². The maximum absolute atomic E-state index is 12.8. The minimum atomic E-state index is -0.363. The fourth-order valence-electron chi connectivity index (χ4n) is 3.17. The first-order valence-corrected chi connectivity index (χ1v) is 8.69. The zero-order valence-electron chi connectivity index (χ0n) is 16.7. The number of carbonyl (C=O) groups is 2. The van der Waals surface area contributed by atoms with E-state index in [1.54, 1.807) is 49.3 Å². The molecule has 1 unspecified atom stereocenters. The topological polar surface area (TPSA) is 85.1 Å². The Morgan fingerprint density at radius 1 is 1.26 bits per heavy atom. The Morgan fingerprint density at radius 2 is 1.81 bits per heavy atom. The number of hydrogen-bond acceptors (Lipinski definition) is 5. The maximum atomic E-state index is 12.8. The minimum absolute atomic E-state index is 0. The van der Waals surface area contributed by atoms with Crippen molar-refractivity contribution >= 4 is 29.9 Å². The molecule has 2 N–H and O–H groups in total. The van der Waals surface area contributed by atoms with Gasteiger partial charge in [0.15, 0.2) is 0 Å². The molecule has 1 aliphatic rings. The number of anilines is 1. The van der Waals surface area contributed by atoms with E-state index < -0.39 is 0 Å². The van der Waals surface area contributed by atoms with Crippen molar-refractivity contribution in [2.75, 3.05) is 45.8 Å². The molecule has 8 heteroatoms. The van der Waals surface area contributed by atoms with E-state index in [0.29, 0.717) is 36.8 Å². The van der Waals surface area contributed by atoms with Crippen LogP contribution in [-0.2, 0) is 9.59 Å². The van der Waals surface area contributed by atoms with Gasteiger partial charge >= 0.3 is 0 Å². The predicted molar refractivity (Wildman–Crippen MR) is 108 cm³/mol. The Balaban J connectivity index is 0.00000364. The van der Waals surface area contributed by atoms with Crippen LogP contribution < -0.4 is 20.1 Å². The van der Waals surface area contributed by atoms with Crippen molar-refractivity contribution in [1.29, 1.82) is 0 Å². The fourth-order valence-corrected chi connectivity index (χ4v) is 3.17. The summed E-state index contributed by atoms with van der Waals surface area (Å²) >= 11 is 0. The lowest BCUT2D eigenvalue weighted by atomic mass is 9.92. The van der Waals surface area contributed by atoms with Crippen LogP contribution >= 0.6 is 12.4 Å². The van der Waals surface area contributed by atoms with Crippen molar-refractivity contribution in [3.05, 3.63) is 18.2 Å². The molecule has 1 aromatic rings. The molecule has 2 rings (SSSR count). The quantitative estimate of drug-likeness (QED) is 0.757. The summed E-state index contributed by atoms with van der Waals surface area (Å²) in [6, 6.07) is 5.29. The van der Waals surface area contributed by atoms with Gasteiger partial charge in [-0.25, -0.2) is 0 Å². The summed E-state index contributed by atoms with van der Waals surface area (Å²) in [7, 11) is 4.89. The lowest BCUT2D eigenvalue weighted by Gasteiger charge is -2.30. The number of rotatable bonds is 7. The third-order valence-corrected chi connectivity index (χ3v) is 4.72. The SMILES string of the molecule is COc1cc(OC)cc(N2CC(C(=O)N(C)CC(C)(C)CN)CC2=O)c1.Cl. The molecule has 27 heavy (non-hydrogen) atoms. The first kappa shape index (κ1) is 23.0. The highest BCUT2D eigenvalue weighted by Crippen LogP contribution is 2.33. The van der Waals surface area contributed by atoms with Gasteiger partial charge in [-0.2, -0.15) is 0 Å². The first-order valence-electron chi connectivity index (χ1n) is 8.69. The van der Waals surface area contributed by atoms with Gasteiger partial charge in [0.2, 0.25) is 11.8 Å². The second kappa shape index (κ2) is 9.28. The number of ether oxygens (including phenoxy) is 2. The molecule has 1 atom stereocenters. The van der Waals surface area contributed by atoms with E-state index in [1.807, 2.05) is 13.8 Å². The summed E-state index contributed by atoms with van der Waals surface area (Å²) in [6.07, 6.45) is 0.200. The van der Waals surface area contributed by atoms with Crippen molar-refractivity contribution in [2.24, 2.45) is 17.1 Å². The Morgan fingerprint density at radius 3 is 2.30 bits per heavy atom. The van der Waals surface area contributed by atoms with E-state index in [4.69, 9.17) is 15.2 Å². The van der Waals surface area contributed by atoms with E-state index in [1.165, 1.54) is 0 Å². The molecule has 7 nitrogen and oxygen atoms in total. The normalized spacial score (nSPS) is 16.7. The molecule has 1 heterocycles. The largest absolute Gasteiger partial charge is 0.497 e. The van der Waals surface area contributed by atoms with Crippen molar-refractivity contribution in [3.63, 3.8) is 0 Å². The molecule has 152 valence electrons. The number of methoxy groups -OCH3 is 2. The Bertz CT molecular complexity index is 659. The second-order valence-corrected chi connectivity index (χ2v) is 7.54. The molecule has 1 aromatic carbocycles.